The Hall–Kier alpha value is -3.26. The summed E-state index contributed by atoms with van der Waals surface area (Å²) in [6.45, 7) is 1.62. The molecule has 13 heteroatoms. The van der Waals surface area contributed by atoms with Gasteiger partial charge in [0.25, 0.3) is 5.56 Å². The second kappa shape index (κ2) is 13.1. The predicted molar refractivity (Wildman–Crippen MR) is 160 cm³/mol. The zero-order chi connectivity index (χ0) is 28.9. The highest BCUT2D eigenvalue weighted by Gasteiger charge is 2.22. The van der Waals surface area contributed by atoms with Crippen molar-refractivity contribution in [3.8, 4) is 17.2 Å². The van der Waals surface area contributed by atoms with Gasteiger partial charge >= 0.3 is 0 Å². The average molecular weight is 617 g/mol. The number of hydrogen-bond acceptors (Lipinski definition) is 9. The summed E-state index contributed by atoms with van der Waals surface area (Å²) in [5.74, 6) is 0.662. The van der Waals surface area contributed by atoms with E-state index in [2.05, 4.69) is 5.32 Å². The molecule has 216 valence electrons. The first-order chi connectivity index (χ1) is 19.9. The maximum absolute atomic E-state index is 13.7. The number of aromatic nitrogens is 3. The highest BCUT2D eigenvalue weighted by Crippen LogP contribution is 2.28. The Morgan fingerprint density at radius 2 is 2.00 bits per heavy atom. The van der Waals surface area contributed by atoms with E-state index in [0.717, 1.165) is 30.2 Å². The molecule has 0 radical (unpaired) electrons. The Kier molecular flexibility index (Phi) is 9.38. The summed E-state index contributed by atoms with van der Waals surface area (Å²) in [5.41, 5.74) is 1.59. The maximum atomic E-state index is 13.7. The summed E-state index contributed by atoms with van der Waals surface area (Å²) in [6, 6.07) is 11.2. The van der Waals surface area contributed by atoms with Gasteiger partial charge in [0.2, 0.25) is 5.91 Å². The van der Waals surface area contributed by atoms with Crippen LogP contribution in [0.4, 0.5) is 4.39 Å². The van der Waals surface area contributed by atoms with Crippen molar-refractivity contribution >= 4 is 51.6 Å². The quantitative estimate of drug-likeness (QED) is 0.146. The van der Waals surface area contributed by atoms with Crippen molar-refractivity contribution in [2.75, 3.05) is 33.1 Å². The van der Waals surface area contributed by atoms with Crippen LogP contribution in [0, 0.1) is 9.77 Å². The Labute approximate surface area is 249 Å². The van der Waals surface area contributed by atoms with Crippen molar-refractivity contribution in [2.45, 2.75) is 37.1 Å². The first-order valence-electron chi connectivity index (χ1n) is 13.0. The fourth-order valence-corrected chi connectivity index (χ4v) is 6.72. The van der Waals surface area contributed by atoms with Crippen LogP contribution in [0.1, 0.15) is 18.4 Å². The summed E-state index contributed by atoms with van der Waals surface area (Å²) in [6.07, 6.45) is 2.50. The normalized spacial score (nSPS) is 14.9. The number of nitrogens with zero attached hydrogens (tertiary/aromatic N) is 3. The summed E-state index contributed by atoms with van der Waals surface area (Å²) in [5, 5.41) is 3.23. The lowest BCUT2D eigenvalue weighted by atomic mass is 10.1. The molecule has 0 spiro atoms. The van der Waals surface area contributed by atoms with Gasteiger partial charge in [-0.2, -0.15) is 0 Å². The van der Waals surface area contributed by atoms with E-state index in [1.165, 1.54) is 40.2 Å². The molecule has 1 fully saturated rings. The van der Waals surface area contributed by atoms with Gasteiger partial charge in [-0.15, -0.1) is 0 Å². The first-order valence-corrected chi connectivity index (χ1v) is 15.2. The average Bonchev–Trinajstić information content (AvgIpc) is 3.61. The van der Waals surface area contributed by atoms with Crippen LogP contribution in [0.5, 0.6) is 11.5 Å². The highest BCUT2D eigenvalue weighted by molar-refractivity contribution is 7.99. The molecule has 2 aromatic carbocycles. The number of carbonyl (C=O) groups is 1. The second-order valence-electron chi connectivity index (χ2n) is 9.36. The highest BCUT2D eigenvalue weighted by atomic mass is 32.2. The molecule has 41 heavy (non-hydrogen) atoms. The lowest BCUT2D eigenvalue weighted by molar-refractivity contribution is -0.118. The van der Waals surface area contributed by atoms with Crippen LogP contribution in [0.15, 0.2) is 52.4 Å². The Morgan fingerprint density at radius 1 is 1.22 bits per heavy atom. The zero-order valence-corrected chi connectivity index (χ0v) is 25.0. The lowest BCUT2D eigenvalue weighted by Gasteiger charge is -2.14. The SMILES string of the molecule is COc1ccc(CCNC(=O)CSc2nc3c(sc(=S)n3C[C@H]3CCCO3)c(=O)n2-c2ccc(F)cc2)cc1OC. The molecule has 0 bridgehead atoms. The van der Waals surface area contributed by atoms with E-state index in [-0.39, 0.29) is 23.3 Å². The molecular formula is C28H29FN4O5S3. The summed E-state index contributed by atoms with van der Waals surface area (Å²) in [7, 11) is 3.16. The van der Waals surface area contributed by atoms with Crippen molar-refractivity contribution < 1.29 is 23.4 Å². The minimum atomic E-state index is -0.419. The molecule has 0 saturated carbocycles. The number of hydrogen-bond donors (Lipinski definition) is 1. The number of rotatable bonds is 11. The molecule has 1 atom stereocenters. The Bertz CT molecular complexity index is 1660. The van der Waals surface area contributed by atoms with Crippen LogP contribution >= 0.6 is 35.3 Å². The van der Waals surface area contributed by atoms with Crippen molar-refractivity contribution in [2.24, 2.45) is 0 Å². The molecule has 1 aliphatic rings. The third-order valence-electron chi connectivity index (χ3n) is 6.67. The monoisotopic (exact) mass is 616 g/mol. The number of benzene rings is 2. The van der Waals surface area contributed by atoms with Gasteiger partial charge in [0.1, 0.15) is 10.5 Å². The molecule has 1 aliphatic heterocycles. The van der Waals surface area contributed by atoms with E-state index in [0.29, 0.717) is 62.8 Å². The molecular weight excluding hydrogens is 588 g/mol. The van der Waals surface area contributed by atoms with E-state index >= 15 is 0 Å². The molecule has 1 N–H and O–H groups in total. The molecule has 9 nitrogen and oxygen atoms in total. The van der Waals surface area contributed by atoms with Gasteiger partial charge in [-0.05, 0) is 73.4 Å². The fourth-order valence-electron chi connectivity index (χ4n) is 4.61. The van der Waals surface area contributed by atoms with Crippen molar-refractivity contribution in [3.63, 3.8) is 0 Å². The number of thiazole rings is 1. The number of thioether (sulfide) groups is 1. The number of ether oxygens (including phenoxy) is 3. The first kappa shape index (κ1) is 29.2. The number of amides is 1. The summed E-state index contributed by atoms with van der Waals surface area (Å²) >= 11 is 7.93. The standard InChI is InChI=1S/C28H29FN4O5S3/c1-36-21-10-5-17(14-22(21)37-2)11-12-30-23(34)16-40-27-31-25-24(26(35)33(27)19-8-6-18(29)7-9-19)41-28(39)32(25)15-20-4-3-13-38-20/h5-10,14,20H,3-4,11-13,15-16H2,1-2H3,(H,30,34)/t20-/m1/s1. The minimum absolute atomic E-state index is 0.00776. The number of nitrogens with one attached hydrogen (secondary N) is 1. The van der Waals surface area contributed by atoms with Crippen LogP contribution in [-0.4, -0.2) is 59.3 Å². The van der Waals surface area contributed by atoms with Gasteiger partial charge in [0, 0.05) is 13.2 Å². The van der Waals surface area contributed by atoms with E-state index in [1.54, 1.807) is 14.2 Å². The minimum Gasteiger partial charge on any atom is -0.493 e. The smallest absolute Gasteiger partial charge is 0.278 e. The number of methoxy groups -OCH3 is 2. The fraction of sp³-hybridized carbons (Fsp3) is 0.357. The molecule has 0 aliphatic carbocycles. The molecule has 1 amide bonds. The lowest BCUT2D eigenvalue weighted by Crippen LogP contribution is -2.28. The molecule has 3 heterocycles. The van der Waals surface area contributed by atoms with E-state index in [9.17, 15) is 14.0 Å². The largest absolute Gasteiger partial charge is 0.493 e. The Morgan fingerprint density at radius 3 is 2.71 bits per heavy atom. The number of halogens is 1. The third-order valence-corrected chi connectivity index (χ3v) is 9.04. The van der Waals surface area contributed by atoms with E-state index in [1.807, 2.05) is 22.8 Å². The van der Waals surface area contributed by atoms with Crippen molar-refractivity contribution in [1.82, 2.24) is 19.4 Å². The van der Waals surface area contributed by atoms with Crippen molar-refractivity contribution in [1.29, 1.82) is 0 Å². The van der Waals surface area contributed by atoms with Crippen LogP contribution in [-0.2, 0) is 22.5 Å². The summed E-state index contributed by atoms with van der Waals surface area (Å²) < 4.78 is 34.3. The van der Waals surface area contributed by atoms with Crippen LogP contribution < -0.4 is 20.3 Å². The zero-order valence-electron chi connectivity index (χ0n) is 22.6. The van der Waals surface area contributed by atoms with Gasteiger partial charge in [-0.25, -0.2) is 9.37 Å². The molecule has 1 saturated heterocycles. The molecule has 5 rings (SSSR count). The molecule has 2 aromatic heterocycles. The summed E-state index contributed by atoms with van der Waals surface area (Å²) in [4.78, 5) is 31.3. The molecule has 0 unspecified atom stereocenters. The van der Waals surface area contributed by atoms with Crippen molar-refractivity contribution in [3.05, 3.63) is 68.2 Å². The van der Waals surface area contributed by atoms with Gasteiger partial charge in [-0.3, -0.25) is 14.2 Å². The van der Waals surface area contributed by atoms with Gasteiger partial charge in [0.05, 0.1) is 38.3 Å². The number of carbonyl (C=O) groups excluding carboxylic acids is 1. The van der Waals surface area contributed by atoms with Gasteiger partial charge < -0.3 is 24.1 Å². The van der Waals surface area contributed by atoms with Crippen LogP contribution in [0.25, 0.3) is 16.0 Å². The Balaban J connectivity index is 1.36. The molecule has 4 aromatic rings. The predicted octanol–water partition coefficient (Wildman–Crippen LogP) is 4.76. The van der Waals surface area contributed by atoms with E-state index in [4.69, 9.17) is 31.4 Å². The topological polar surface area (TPSA) is 96.6 Å². The van der Waals surface area contributed by atoms with Gasteiger partial charge in [-0.1, -0.05) is 29.2 Å². The number of fused-ring (bicyclic) bond motifs is 1. The third kappa shape index (κ3) is 6.64. The van der Waals surface area contributed by atoms with E-state index < -0.39 is 5.82 Å². The van der Waals surface area contributed by atoms with Gasteiger partial charge in [0.15, 0.2) is 26.3 Å². The second-order valence-corrected chi connectivity index (χ2v) is 11.9. The maximum Gasteiger partial charge on any atom is 0.278 e. The van der Waals surface area contributed by atoms with Crippen LogP contribution in [0.3, 0.4) is 0 Å². The van der Waals surface area contributed by atoms with Crippen LogP contribution in [0.2, 0.25) is 0 Å².